The normalized spacial score (nSPS) is 30.1. The second-order valence-corrected chi connectivity index (χ2v) is 6.76. The van der Waals surface area contributed by atoms with Gasteiger partial charge in [0.1, 0.15) is 0 Å². The van der Waals surface area contributed by atoms with Crippen molar-refractivity contribution in [2.75, 3.05) is 25.6 Å². The fourth-order valence-corrected chi connectivity index (χ4v) is 2.19. The van der Waals surface area contributed by atoms with Crippen molar-refractivity contribution in [3.05, 3.63) is 0 Å². The molecule has 0 spiro atoms. The van der Waals surface area contributed by atoms with E-state index >= 15 is 0 Å². The summed E-state index contributed by atoms with van der Waals surface area (Å²) in [5, 5.41) is 3.42. The Morgan fingerprint density at radius 1 is 1.54 bits per heavy atom. The first-order valence-electron chi connectivity index (χ1n) is 4.85. The minimum absolute atomic E-state index is 0.527. The van der Waals surface area contributed by atoms with Crippen LogP contribution in [0.1, 0.15) is 19.8 Å². The van der Waals surface area contributed by atoms with E-state index in [2.05, 4.69) is 16.6 Å². The second-order valence-electron chi connectivity index (χ2n) is 4.14. The van der Waals surface area contributed by atoms with Crippen molar-refractivity contribution in [3.8, 4) is 0 Å². The van der Waals surface area contributed by atoms with E-state index in [0.29, 0.717) is 12.0 Å². The quantitative estimate of drug-likeness (QED) is 0.732. The zero-order valence-corrected chi connectivity index (χ0v) is 9.56. The highest BCUT2D eigenvalue weighted by atomic mass is 32.2. The molecule has 0 aromatic carbocycles. The summed E-state index contributed by atoms with van der Waals surface area (Å²) in [6.45, 7) is 4.05. The third-order valence-electron chi connectivity index (χ3n) is 2.55. The van der Waals surface area contributed by atoms with E-state index in [1.807, 2.05) is 0 Å². The standard InChI is InChI=1S/C9H20N2OS/c1-8-9(5-4-6-10-8)7-11-13(2,3)12/h8-10H,4-7H2,1-3H3. The van der Waals surface area contributed by atoms with Crippen LogP contribution in [0.2, 0.25) is 0 Å². The van der Waals surface area contributed by atoms with Crippen LogP contribution in [0, 0.1) is 5.92 Å². The van der Waals surface area contributed by atoms with Crippen LogP contribution >= 0.6 is 0 Å². The van der Waals surface area contributed by atoms with E-state index in [4.69, 9.17) is 0 Å². The van der Waals surface area contributed by atoms with E-state index in [1.165, 1.54) is 12.8 Å². The van der Waals surface area contributed by atoms with Crippen LogP contribution in [0.25, 0.3) is 0 Å². The first-order valence-corrected chi connectivity index (χ1v) is 7.18. The monoisotopic (exact) mass is 204 g/mol. The van der Waals surface area contributed by atoms with Gasteiger partial charge < -0.3 is 5.32 Å². The molecule has 0 radical (unpaired) electrons. The predicted molar refractivity (Wildman–Crippen MR) is 57.5 cm³/mol. The summed E-state index contributed by atoms with van der Waals surface area (Å²) in [5.74, 6) is 0.578. The Kier molecular flexibility index (Phi) is 3.74. The molecule has 0 aliphatic carbocycles. The van der Waals surface area contributed by atoms with Gasteiger partial charge in [-0.15, -0.1) is 0 Å². The number of nitrogens with zero attached hydrogens (tertiary/aromatic N) is 1. The Bertz CT molecular complexity index is 261. The maximum atomic E-state index is 11.3. The zero-order valence-electron chi connectivity index (χ0n) is 8.75. The van der Waals surface area contributed by atoms with Gasteiger partial charge in [0.2, 0.25) is 0 Å². The first-order chi connectivity index (χ1) is 5.99. The van der Waals surface area contributed by atoms with Crippen LogP contribution in [0.15, 0.2) is 4.36 Å². The molecule has 0 aromatic rings. The average molecular weight is 204 g/mol. The molecule has 1 aliphatic heterocycles. The third-order valence-corrected chi connectivity index (χ3v) is 3.32. The van der Waals surface area contributed by atoms with Gasteiger partial charge in [0, 0.05) is 28.3 Å². The van der Waals surface area contributed by atoms with Crippen LogP contribution in [0.5, 0.6) is 0 Å². The SMILES string of the molecule is CC1NCCCC1CN=S(C)(C)=O. The highest BCUT2D eigenvalue weighted by molar-refractivity contribution is 7.92. The van der Waals surface area contributed by atoms with E-state index < -0.39 is 9.73 Å². The molecular formula is C9H20N2OS. The largest absolute Gasteiger partial charge is 0.314 e. The highest BCUT2D eigenvalue weighted by Gasteiger charge is 2.20. The van der Waals surface area contributed by atoms with E-state index in [1.54, 1.807) is 12.5 Å². The summed E-state index contributed by atoms with van der Waals surface area (Å²) in [6, 6.07) is 0.527. The highest BCUT2D eigenvalue weighted by Crippen LogP contribution is 2.16. The fraction of sp³-hybridized carbons (Fsp3) is 1.00. The molecule has 1 heterocycles. The fourth-order valence-electron chi connectivity index (χ4n) is 1.64. The smallest absolute Gasteiger partial charge is 0.0527 e. The number of rotatable bonds is 2. The summed E-state index contributed by atoms with van der Waals surface area (Å²) in [4.78, 5) is 0. The van der Waals surface area contributed by atoms with E-state index in [0.717, 1.165) is 13.1 Å². The zero-order chi connectivity index (χ0) is 9.90. The topological polar surface area (TPSA) is 41.5 Å². The number of nitrogens with one attached hydrogen (secondary N) is 1. The molecule has 1 saturated heterocycles. The molecule has 3 nitrogen and oxygen atoms in total. The summed E-state index contributed by atoms with van der Waals surface area (Å²) in [6.07, 6.45) is 5.84. The summed E-state index contributed by atoms with van der Waals surface area (Å²) < 4.78 is 15.6. The van der Waals surface area contributed by atoms with E-state index in [9.17, 15) is 4.21 Å². The van der Waals surface area contributed by atoms with Crippen molar-refractivity contribution in [1.29, 1.82) is 0 Å². The number of hydrogen-bond donors (Lipinski definition) is 1. The first kappa shape index (κ1) is 11.0. The molecule has 1 aliphatic rings. The van der Waals surface area contributed by atoms with Crippen LogP contribution < -0.4 is 5.32 Å². The maximum Gasteiger partial charge on any atom is 0.0527 e. The molecular weight excluding hydrogens is 184 g/mol. The molecule has 1 rings (SSSR count). The summed E-state index contributed by atoms with van der Waals surface area (Å²) in [7, 11) is -1.90. The minimum atomic E-state index is -1.90. The molecule has 0 saturated carbocycles. The lowest BCUT2D eigenvalue weighted by Crippen LogP contribution is -2.40. The van der Waals surface area contributed by atoms with Gasteiger partial charge in [-0.05, 0) is 32.2 Å². The van der Waals surface area contributed by atoms with Crippen molar-refractivity contribution in [1.82, 2.24) is 5.32 Å². The van der Waals surface area contributed by atoms with Crippen LogP contribution in [-0.4, -0.2) is 35.9 Å². The van der Waals surface area contributed by atoms with Gasteiger partial charge in [0.05, 0.1) is 6.54 Å². The van der Waals surface area contributed by atoms with Gasteiger partial charge in [-0.1, -0.05) is 0 Å². The maximum absolute atomic E-state index is 11.3. The Morgan fingerprint density at radius 3 is 2.77 bits per heavy atom. The molecule has 13 heavy (non-hydrogen) atoms. The van der Waals surface area contributed by atoms with Gasteiger partial charge in [0.15, 0.2) is 0 Å². The Labute approximate surface area is 81.5 Å². The van der Waals surface area contributed by atoms with Crippen molar-refractivity contribution in [3.63, 3.8) is 0 Å². The molecule has 78 valence electrons. The van der Waals surface area contributed by atoms with Crippen LogP contribution in [-0.2, 0) is 9.73 Å². The predicted octanol–water partition coefficient (Wildman–Crippen LogP) is 1.10. The average Bonchev–Trinajstić information content (AvgIpc) is 2.01. The lowest BCUT2D eigenvalue weighted by molar-refractivity contribution is 0.305. The van der Waals surface area contributed by atoms with Crippen LogP contribution in [0.4, 0.5) is 0 Å². The Balaban J connectivity index is 2.48. The van der Waals surface area contributed by atoms with E-state index in [-0.39, 0.29) is 0 Å². The third kappa shape index (κ3) is 4.09. The molecule has 0 bridgehead atoms. The molecule has 1 fully saturated rings. The number of piperidine rings is 1. The van der Waals surface area contributed by atoms with Crippen molar-refractivity contribution in [2.24, 2.45) is 10.3 Å². The number of hydrogen-bond acceptors (Lipinski definition) is 3. The van der Waals surface area contributed by atoms with Crippen molar-refractivity contribution >= 4 is 9.73 Å². The van der Waals surface area contributed by atoms with Gasteiger partial charge in [-0.25, -0.2) is 4.36 Å². The van der Waals surface area contributed by atoms with Crippen molar-refractivity contribution < 1.29 is 4.21 Å². The molecule has 1 N–H and O–H groups in total. The second kappa shape index (κ2) is 4.42. The van der Waals surface area contributed by atoms with Crippen molar-refractivity contribution in [2.45, 2.75) is 25.8 Å². The lowest BCUT2D eigenvalue weighted by Gasteiger charge is -2.28. The molecule has 0 aromatic heterocycles. The lowest BCUT2D eigenvalue weighted by atomic mass is 9.92. The molecule has 2 unspecified atom stereocenters. The summed E-state index contributed by atoms with van der Waals surface area (Å²) >= 11 is 0. The minimum Gasteiger partial charge on any atom is -0.314 e. The van der Waals surface area contributed by atoms with Crippen LogP contribution in [0.3, 0.4) is 0 Å². The molecule has 4 heteroatoms. The van der Waals surface area contributed by atoms with Gasteiger partial charge in [0.25, 0.3) is 0 Å². The Morgan fingerprint density at radius 2 is 2.23 bits per heavy atom. The van der Waals surface area contributed by atoms with Gasteiger partial charge in [-0.3, -0.25) is 4.21 Å². The summed E-state index contributed by atoms with van der Waals surface area (Å²) in [5.41, 5.74) is 0. The Hall–Kier alpha value is -0.0900. The molecule has 0 amide bonds. The van der Waals surface area contributed by atoms with Gasteiger partial charge in [-0.2, -0.15) is 0 Å². The molecule has 2 atom stereocenters. The van der Waals surface area contributed by atoms with Gasteiger partial charge >= 0.3 is 0 Å².